The smallest absolute Gasteiger partial charge is 0.0717 e. The van der Waals surface area contributed by atoms with Crippen LogP contribution in [0, 0.1) is 12.8 Å². The Morgan fingerprint density at radius 1 is 1.33 bits per heavy atom. The molecule has 0 saturated heterocycles. The Hall–Kier alpha value is -1.08. The molecule has 0 amide bonds. The van der Waals surface area contributed by atoms with E-state index in [2.05, 4.69) is 45.0 Å². The quantitative estimate of drug-likeness (QED) is 0.640. The second kappa shape index (κ2) is 8.93. The molecule has 1 heteroatoms. The molecule has 1 aromatic rings. The highest BCUT2D eigenvalue weighted by Gasteiger charge is 2.02. The first-order valence-electron chi connectivity index (χ1n) is 6.79. The summed E-state index contributed by atoms with van der Waals surface area (Å²) < 4.78 is 5.74. The molecule has 0 bridgehead atoms. The van der Waals surface area contributed by atoms with Crippen LogP contribution in [0.1, 0.15) is 38.7 Å². The molecule has 1 aromatic carbocycles. The van der Waals surface area contributed by atoms with Crippen LogP contribution in [-0.2, 0) is 11.3 Å². The van der Waals surface area contributed by atoms with Crippen molar-refractivity contribution >= 4 is 0 Å². The van der Waals surface area contributed by atoms with Gasteiger partial charge in [-0.05, 0) is 44.6 Å². The Labute approximate surface area is 112 Å². The van der Waals surface area contributed by atoms with E-state index < -0.39 is 0 Å². The van der Waals surface area contributed by atoms with Crippen molar-refractivity contribution in [3.8, 4) is 0 Å². The van der Waals surface area contributed by atoms with Crippen molar-refractivity contribution in [2.75, 3.05) is 6.61 Å². The topological polar surface area (TPSA) is 9.23 Å². The van der Waals surface area contributed by atoms with Gasteiger partial charge in [-0.3, -0.25) is 0 Å². The largest absolute Gasteiger partial charge is 0.376 e. The molecule has 0 aliphatic heterocycles. The lowest BCUT2D eigenvalue weighted by molar-refractivity contribution is 0.0890. The van der Waals surface area contributed by atoms with Crippen molar-refractivity contribution < 1.29 is 4.74 Å². The first kappa shape index (κ1) is 15.0. The molecule has 0 aliphatic rings. The summed E-state index contributed by atoms with van der Waals surface area (Å²) in [6.45, 7) is 9.75. The van der Waals surface area contributed by atoms with E-state index in [9.17, 15) is 0 Å². The van der Waals surface area contributed by atoms with E-state index in [1.54, 1.807) is 0 Å². The number of allylic oxidation sites excluding steroid dienone is 2. The van der Waals surface area contributed by atoms with Crippen LogP contribution in [0.4, 0.5) is 0 Å². The zero-order chi connectivity index (χ0) is 13.2. The zero-order valence-corrected chi connectivity index (χ0v) is 11.7. The number of benzene rings is 1. The highest BCUT2D eigenvalue weighted by atomic mass is 16.5. The first-order chi connectivity index (χ1) is 8.72. The number of ether oxygens (including phenoxy) is 1. The third kappa shape index (κ3) is 6.61. The summed E-state index contributed by atoms with van der Waals surface area (Å²) in [5.41, 5.74) is 2.63. The van der Waals surface area contributed by atoms with Gasteiger partial charge in [-0.1, -0.05) is 48.9 Å². The normalized spacial score (nSPS) is 13.6. The van der Waals surface area contributed by atoms with Crippen molar-refractivity contribution in [2.45, 2.75) is 39.7 Å². The molecule has 0 fully saturated rings. The number of hydrogen-bond acceptors (Lipinski definition) is 1. The first-order valence-corrected chi connectivity index (χ1v) is 6.79. The summed E-state index contributed by atoms with van der Waals surface area (Å²) >= 11 is 0. The van der Waals surface area contributed by atoms with E-state index in [-0.39, 0.29) is 0 Å². The van der Waals surface area contributed by atoms with Gasteiger partial charge in [-0.25, -0.2) is 0 Å². The lowest BCUT2D eigenvalue weighted by Crippen LogP contribution is -2.06. The predicted molar refractivity (Wildman–Crippen MR) is 78.2 cm³/mol. The SMILES string of the molecule is [CH2]/C=C(\C)CCCC(C)COCc1ccccc1. The molecular weight excluding hydrogens is 220 g/mol. The summed E-state index contributed by atoms with van der Waals surface area (Å²) in [4.78, 5) is 0. The molecule has 1 atom stereocenters. The lowest BCUT2D eigenvalue weighted by Gasteiger charge is -2.12. The third-order valence-electron chi connectivity index (χ3n) is 3.13. The van der Waals surface area contributed by atoms with E-state index >= 15 is 0 Å². The molecular formula is C17H25O. The van der Waals surface area contributed by atoms with Crippen LogP contribution in [-0.4, -0.2) is 6.61 Å². The van der Waals surface area contributed by atoms with Gasteiger partial charge in [0.05, 0.1) is 6.61 Å². The summed E-state index contributed by atoms with van der Waals surface area (Å²) in [6.07, 6.45) is 5.57. The molecule has 99 valence electrons. The highest BCUT2D eigenvalue weighted by molar-refractivity contribution is 5.13. The monoisotopic (exact) mass is 245 g/mol. The fourth-order valence-electron chi connectivity index (χ4n) is 1.87. The van der Waals surface area contributed by atoms with Gasteiger partial charge in [-0.15, -0.1) is 0 Å². The van der Waals surface area contributed by atoms with E-state index in [4.69, 9.17) is 4.74 Å². The van der Waals surface area contributed by atoms with Crippen LogP contribution in [0.25, 0.3) is 0 Å². The average molecular weight is 245 g/mol. The maximum absolute atomic E-state index is 5.74. The standard InChI is InChI=1S/C17H25O/c1-4-15(2)9-8-10-16(3)13-18-14-17-11-6-5-7-12-17/h4-7,11-12,16H,1,8-10,13-14H2,2-3H3/b15-4+. The number of hydrogen-bond donors (Lipinski definition) is 0. The maximum atomic E-state index is 5.74. The Bertz CT molecular complexity index is 340. The Kier molecular flexibility index (Phi) is 7.43. The van der Waals surface area contributed by atoms with E-state index in [1.807, 2.05) is 12.1 Å². The minimum atomic E-state index is 0.631. The number of rotatable bonds is 8. The zero-order valence-electron chi connectivity index (χ0n) is 11.7. The van der Waals surface area contributed by atoms with Gasteiger partial charge in [0.1, 0.15) is 0 Å². The lowest BCUT2D eigenvalue weighted by atomic mass is 10.0. The van der Waals surface area contributed by atoms with Crippen molar-refractivity contribution in [3.63, 3.8) is 0 Å². The van der Waals surface area contributed by atoms with Gasteiger partial charge in [-0.2, -0.15) is 0 Å². The minimum Gasteiger partial charge on any atom is -0.376 e. The van der Waals surface area contributed by atoms with Gasteiger partial charge in [0, 0.05) is 6.61 Å². The molecule has 0 aromatic heterocycles. The van der Waals surface area contributed by atoms with Gasteiger partial charge in [0.25, 0.3) is 0 Å². The van der Waals surface area contributed by atoms with Crippen molar-refractivity contribution in [2.24, 2.45) is 5.92 Å². The average Bonchev–Trinajstić information content (AvgIpc) is 2.39. The molecule has 0 aliphatic carbocycles. The van der Waals surface area contributed by atoms with E-state index in [0.29, 0.717) is 5.92 Å². The van der Waals surface area contributed by atoms with Crippen LogP contribution in [0.5, 0.6) is 0 Å². The van der Waals surface area contributed by atoms with Gasteiger partial charge < -0.3 is 4.74 Å². The highest BCUT2D eigenvalue weighted by Crippen LogP contribution is 2.13. The Morgan fingerprint density at radius 3 is 2.72 bits per heavy atom. The summed E-state index contributed by atoms with van der Waals surface area (Å²) in [6, 6.07) is 10.3. The van der Waals surface area contributed by atoms with Crippen molar-refractivity contribution in [1.82, 2.24) is 0 Å². The van der Waals surface area contributed by atoms with Gasteiger partial charge >= 0.3 is 0 Å². The van der Waals surface area contributed by atoms with Gasteiger partial charge in [0.2, 0.25) is 0 Å². The molecule has 0 saturated carbocycles. The summed E-state index contributed by atoms with van der Waals surface area (Å²) in [5, 5.41) is 0. The minimum absolute atomic E-state index is 0.631. The van der Waals surface area contributed by atoms with Crippen LogP contribution >= 0.6 is 0 Å². The molecule has 18 heavy (non-hydrogen) atoms. The van der Waals surface area contributed by atoms with Crippen LogP contribution in [0.15, 0.2) is 42.0 Å². The van der Waals surface area contributed by atoms with Crippen molar-refractivity contribution in [3.05, 3.63) is 54.5 Å². The second-order valence-corrected chi connectivity index (χ2v) is 5.05. The fraction of sp³-hybridized carbons (Fsp3) is 0.471. The summed E-state index contributed by atoms with van der Waals surface area (Å²) in [5.74, 6) is 0.631. The molecule has 1 unspecified atom stereocenters. The summed E-state index contributed by atoms with van der Waals surface area (Å²) in [7, 11) is 0. The Balaban J connectivity index is 2.08. The second-order valence-electron chi connectivity index (χ2n) is 5.05. The van der Waals surface area contributed by atoms with E-state index in [0.717, 1.165) is 19.6 Å². The van der Waals surface area contributed by atoms with E-state index in [1.165, 1.54) is 24.0 Å². The fourth-order valence-corrected chi connectivity index (χ4v) is 1.87. The van der Waals surface area contributed by atoms with Crippen molar-refractivity contribution in [1.29, 1.82) is 0 Å². The molecule has 0 spiro atoms. The van der Waals surface area contributed by atoms with Crippen LogP contribution in [0.3, 0.4) is 0 Å². The molecule has 0 heterocycles. The van der Waals surface area contributed by atoms with Crippen LogP contribution < -0.4 is 0 Å². The molecule has 1 radical (unpaired) electrons. The maximum Gasteiger partial charge on any atom is 0.0717 e. The van der Waals surface area contributed by atoms with Crippen LogP contribution in [0.2, 0.25) is 0 Å². The Morgan fingerprint density at radius 2 is 2.06 bits per heavy atom. The molecule has 1 rings (SSSR count). The third-order valence-corrected chi connectivity index (χ3v) is 3.13. The molecule has 0 N–H and O–H groups in total. The predicted octanol–water partition coefficient (Wildman–Crippen LogP) is 4.79. The molecule has 1 nitrogen and oxygen atoms in total. The van der Waals surface area contributed by atoms with Gasteiger partial charge in [0.15, 0.2) is 0 Å².